The van der Waals surface area contributed by atoms with Gasteiger partial charge in [-0.2, -0.15) is 0 Å². The lowest BCUT2D eigenvalue weighted by atomic mass is 10.3. The molecule has 2 rings (SSSR count). The van der Waals surface area contributed by atoms with Crippen LogP contribution in [0.3, 0.4) is 0 Å². The summed E-state index contributed by atoms with van der Waals surface area (Å²) in [5.74, 6) is -0.0923. The van der Waals surface area contributed by atoms with E-state index < -0.39 is 11.9 Å². The van der Waals surface area contributed by atoms with Crippen LogP contribution in [0.25, 0.3) is 0 Å². The summed E-state index contributed by atoms with van der Waals surface area (Å²) in [7, 11) is 0. The van der Waals surface area contributed by atoms with E-state index in [0.29, 0.717) is 11.6 Å². The SMILES string of the molecule is NC(=O)C1COC(c2ccccn2)=N1. The second-order valence-electron chi connectivity index (χ2n) is 2.88. The highest BCUT2D eigenvalue weighted by molar-refractivity contribution is 5.96. The number of primary amides is 1. The third kappa shape index (κ3) is 1.56. The fraction of sp³-hybridized carbons (Fsp3) is 0.222. The van der Waals surface area contributed by atoms with Crippen LogP contribution in [0, 0.1) is 0 Å². The number of aliphatic imine (C=N–C) groups is 1. The third-order valence-electron chi connectivity index (χ3n) is 1.86. The fourth-order valence-corrected chi connectivity index (χ4v) is 1.15. The molecule has 5 nitrogen and oxygen atoms in total. The van der Waals surface area contributed by atoms with E-state index >= 15 is 0 Å². The number of hydrogen-bond donors (Lipinski definition) is 1. The first-order valence-corrected chi connectivity index (χ1v) is 4.18. The Bertz CT molecular complexity index is 375. The van der Waals surface area contributed by atoms with Crippen molar-refractivity contribution >= 4 is 11.8 Å². The minimum Gasteiger partial charge on any atom is -0.474 e. The van der Waals surface area contributed by atoms with Gasteiger partial charge in [-0.15, -0.1) is 0 Å². The molecule has 1 aromatic heterocycles. The van der Waals surface area contributed by atoms with Gasteiger partial charge in [0.15, 0.2) is 6.04 Å². The number of carbonyl (C=O) groups is 1. The monoisotopic (exact) mass is 191 g/mol. The molecule has 0 saturated carbocycles. The molecule has 0 fully saturated rings. The number of amides is 1. The number of nitrogens with zero attached hydrogens (tertiary/aromatic N) is 2. The van der Waals surface area contributed by atoms with Crippen LogP contribution in [0.5, 0.6) is 0 Å². The van der Waals surface area contributed by atoms with E-state index in [4.69, 9.17) is 10.5 Å². The van der Waals surface area contributed by atoms with Gasteiger partial charge in [0, 0.05) is 6.20 Å². The normalized spacial score (nSPS) is 20.0. The van der Waals surface area contributed by atoms with Crippen molar-refractivity contribution in [1.82, 2.24) is 4.98 Å². The van der Waals surface area contributed by atoms with Crippen molar-refractivity contribution < 1.29 is 9.53 Å². The van der Waals surface area contributed by atoms with E-state index in [1.165, 1.54) is 0 Å². The van der Waals surface area contributed by atoms with E-state index in [0.717, 1.165) is 0 Å². The predicted molar refractivity (Wildman–Crippen MR) is 49.7 cm³/mol. The summed E-state index contributed by atoms with van der Waals surface area (Å²) in [5.41, 5.74) is 5.71. The second-order valence-corrected chi connectivity index (χ2v) is 2.88. The van der Waals surface area contributed by atoms with Crippen LogP contribution in [0.15, 0.2) is 29.4 Å². The van der Waals surface area contributed by atoms with Crippen molar-refractivity contribution in [2.24, 2.45) is 10.7 Å². The molecule has 1 unspecified atom stereocenters. The fourth-order valence-electron chi connectivity index (χ4n) is 1.15. The Morgan fingerprint density at radius 2 is 2.43 bits per heavy atom. The lowest BCUT2D eigenvalue weighted by Crippen LogP contribution is -2.27. The summed E-state index contributed by atoms with van der Waals surface area (Å²) in [6, 6.07) is 4.81. The van der Waals surface area contributed by atoms with E-state index in [9.17, 15) is 4.79 Å². The number of aromatic nitrogens is 1. The van der Waals surface area contributed by atoms with Crippen molar-refractivity contribution in [3.8, 4) is 0 Å². The second kappa shape index (κ2) is 3.45. The van der Waals surface area contributed by atoms with E-state index in [-0.39, 0.29) is 6.61 Å². The third-order valence-corrected chi connectivity index (χ3v) is 1.86. The highest BCUT2D eigenvalue weighted by Crippen LogP contribution is 2.09. The molecule has 1 aliphatic rings. The number of carbonyl (C=O) groups excluding carboxylic acids is 1. The molecular weight excluding hydrogens is 182 g/mol. The Labute approximate surface area is 80.6 Å². The Hall–Kier alpha value is -1.91. The summed E-state index contributed by atoms with van der Waals surface area (Å²) in [5, 5.41) is 0. The summed E-state index contributed by atoms with van der Waals surface area (Å²) in [6.07, 6.45) is 1.64. The Kier molecular flexibility index (Phi) is 2.14. The maximum atomic E-state index is 10.8. The van der Waals surface area contributed by atoms with Gasteiger partial charge >= 0.3 is 0 Å². The topological polar surface area (TPSA) is 77.6 Å². The van der Waals surface area contributed by atoms with Crippen molar-refractivity contribution in [2.75, 3.05) is 6.61 Å². The lowest BCUT2D eigenvalue weighted by molar-refractivity contribution is -0.119. The number of pyridine rings is 1. The average molecular weight is 191 g/mol. The molecule has 14 heavy (non-hydrogen) atoms. The highest BCUT2D eigenvalue weighted by atomic mass is 16.5. The zero-order valence-corrected chi connectivity index (χ0v) is 7.38. The Morgan fingerprint density at radius 3 is 3.00 bits per heavy atom. The maximum absolute atomic E-state index is 10.8. The summed E-state index contributed by atoms with van der Waals surface area (Å²) in [6.45, 7) is 0.210. The molecule has 72 valence electrons. The molecule has 0 saturated heterocycles. The molecule has 5 heteroatoms. The molecule has 2 heterocycles. The molecule has 1 atom stereocenters. The molecule has 0 aromatic carbocycles. The minimum atomic E-state index is -0.577. The van der Waals surface area contributed by atoms with Gasteiger partial charge in [-0.05, 0) is 12.1 Å². The van der Waals surface area contributed by atoms with Gasteiger partial charge in [0.2, 0.25) is 11.8 Å². The molecule has 0 aliphatic carbocycles. The largest absolute Gasteiger partial charge is 0.474 e. The molecular formula is C9H9N3O2. The lowest BCUT2D eigenvalue weighted by Gasteiger charge is -1.98. The van der Waals surface area contributed by atoms with Gasteiger partial charge in [0.25, 0.3) is 0 Å². The van der Waals surface area contributed by atoms with Gasteiger partial charge < -0.3 is 10.5 Å². The minimum absolute atomic E-state index is 0.210. The molecule has 1 aliphatic heterocycles. The van der Waals surface area contributed by atoms with Crippen molar-refractivity contribution in [3.05, 3.63) is 30.1 Å². The van der Waals surface area contributed by atoms with Crippen LogP contribution in [-0.2, 0) is 9.53 Å². The standard InChI is InChI=1S/C9H9N3O2/c10-8(13)7-5-14-9(12-7)6-3-1-2-4-11-6/h1-4,7H,5H2,(H2,10,13). The van der Waals surface area contributed by atoms with Crippen LogP contribution in [-0.4, -0.2) is 29.4 Å². The highest BCUT2D eigenvalue weighted by Gasteiger charge is 2.24. The van der Waals surface area contributed by atoms with Gasteiger partial charge in [0.1, 0.15) is 12.3 Å². The number of rotatable bonds is 2. The average Bonchev–Trinajstić information content (AvgIpc) is 2.68. The zero-order valence-electron chi connectivity index (χ0n) is 7.38. The zero-order chi connectivity index (χ0) is 9.97. The maximum Gasteiger partial charge on any atom is 0.245 e. The quantitative estimate of drug-likeness (QED) is 0.697. The van der Waals surface area contributed by atoms with Crippen molar-refractivity contribution in [2.45, 2.75) is 6.04 Å². The molecule has 0 spiro atoms. The summed E-state index contributed by atoms with van der Waals surface area (Å²) >= 11 is 0. The Balaban J connectivity index is 2.22. The van der Waals surface area contributed by atoms with Gasteiger partial charge in [-0.3, -0.25) is 9.78 Å². The summed E-state index contributed by atoms with van der Waals surface area (Å²) in [4.78, 5) is 18.9. The van der Waals surface area contributed by atoms with Gasteiger partial charge in [-0.25, -0.2) is 4.99 Å². The van der Waals surface area contributed by atoms with Gasteiger partial charge in [0.05, 0.1) is 0 Å². The van der Waals surface area contributed by atoms with E-state index in [1.54, 1.807) is 18.3 Å². The first-order chi connectivity index (χ1) is 6.77. The number of ether oxygens (including phenoxy) is 1. The van der Waals surface area contributed by atoms with Crippen molar-refractivity contribution in [1.29, 1.82) is 0 Å². The van der Waals surface area contributed by atoms with Crippen LogP contribution in [0.1, 0.15) is 5.69 Å². The number of hydrogen-bond acceptors (Lipinski definition) is 4. The smallest absolute Gasteiger partial charge is 0.245 e. The molecule has 2 N–H and O–H groups in total. The number of nitrogens with two attached hydrogens (primary N) is 1. The van der Waals surface area contributed by atoms with Crippen LogP contribution in [0.4, 0.5) is 0 Å². The molecule has 0 bridgehead atoms. The predicted octanol–water partition coefficient (Wildman–Crippen LogP) is -0.288. The molecule has 1 amide bonds. The van der Waals surface area contributed by atoms with Gasteiger partial charge in [-0.1, -0.05) is 6.07 Å². The van der Waals surface area contributed by atoms with Crippen molar-refractivity contribution in [3.63, 3.8) is 0 Å². The summed E-state index contributed by atoms with van der Waals surface area (Å²) < 4.78 is 5.20. The van der Waals surface area contributed by atoms with Crippen LogP contribution < -0.4 is 5.73 Å². The molecule has 1 aromatic rings. The first kappa shape index (κ1) is 8.68. The first-order valence-electron chi connectivity index (χ1n) is 4.18. The van der Waals surface area contributed by atoms with Crippen LogP contribution in [0.2, 0.25) is 0 Å². The molecule has 0 radical (unpaired) electrons. The van der Waals surface area contributed by atoms with E-state index in [2.05, 4.69) is 9.98 Å². The van der Waals surface area contributed by atoms with Crippen LogP contribution >= 0.6 is 0 Å². The van der Waals surface area contributed by atoms with E-state index in [1.807, 2.05) is 6.07 Å². The Morgan fingerprint density at radius 1 is 1.57 bits per heavy atom.